The van der Waals surface area contributed by atoms with Crippen molar-refractivity contribution in [1.29, 1.82) is 0 Å². The Balaban J connectivity index is 2.05. The van der Waals surface area contributed by atoms with E-state index < -0.39 is 16.8 Å². The Labute approximate surface area is 124 Å². The standard InChI is InChI=1S/C14H13ClO4S/c1-2-18-14(16)13-8-5-11(19-13)9-20(17)12-6-3-10(15)4-7-12/h3-8H,2,9H2,1H3/t20-/m0/s1. The molecule has 0 saturated carbocycles. The van der Waals surface area contributed by atoms with Crippen molar-refractivity contribution in [3.8, 4) is 0 Å². The fourth-order valence-corrected chi connectivity index (χ4v) is 2.71. The van der Waals surface area contributed by atoms with Gasteiger partial charge in [-0.3, -0.25) is 4.21 Å². The van der Waals surface area contributed by atoms with E-state index in [1.807, 2.05) is 0 Å². The molecule has 0 N–H and O–H groups in total. The van der Waals surface area contributed by atoms with Gasteiger partial charge in [0.2, 0.25) is 5.76 Å². The van der Waals surface area contributed by atoms with E-state index in [2.05, 4.69) is 0 Å². The molecule has 0 aliphatic carbocycles. The number of benzene rings is 1. The van der Waals surface area contributed by atoms with Gasteiger partial charge in [-0.15, -0.1) is 0 Å². The number of carbonyl (C=O) groups excluding carboxylic acids is 1. The first-order chi connectivity index (χ1) is 9.60. The molecule has 2 aromatic rings. The van der Waals surface area contributed by atoms with Crippen molar-refractivity contribution in [1.82, 2.24) is 0 Å². The Morgan fingerprint density at radius 1 is 1.25 bits per heavy atom. The van der Waals surface area contributed by atoms with E-state index in [1.54, 1.807) is 37.3 Å². The zero-order valence-corrected chi connectivity index (χ0v) is 12.4. The monoisotopic (exact) mass is 312 g/mol. The van der Waals surface area contributed by atoms with Crippen molar-refractivity contribution >= 4 is 28.4 Å². The molecule has 0 radical (unpaired) electrons. The first kappa shape index (κ1) is 14.8. The molecule has 1 atom stereocenters. The Bertz CT molecular complexity index is 618. The minimum absolute atomic E-state index is 0.120. The highest BCUT2D eigenvalue weighted by atomic mass is 35.5. The van der Waals surface area contributed by atoms with Crippen LogP contribution in [0.4, 0.5) is 0 Å². The SMILES string of the molecule is CCOC(=O)c1ccc(C[S@](=O)c2ccc(Cl)cc2)o1. The smallest absolute Gasteiger partial charge is 0.374 e. The molecule has 1 aromatic carbocycles. The summed E-state index contributed by atoms with van der Waals surface area (Å²) in [6.45, 7) is 2.00. The molecule has 0 unspecified atom stereocenters. The molecule has 1 heterocycles. The van der Waals surface area contributed by atoms with Crippen LogP contribution >= 0.6 is 11.6 Å². The maximum Gasteiger partial charge on any atom is 0.374 e. The van der Waals surface area contributed by atoms with Gasteiger partial charge in [-0.2, -0.15) is 0 Å². The molecule has 0 fully saturated rings. The second-order valence-corrected chi connectivity index (χ2v) is 5.82. The summed E-state index contributed by atoms with van der Waals surface area (Å²) in [5.41, 5.74) is 0. The van der Waals surface area contributed by atoms with Gasteiger partial charge in [0.15, 0.2) is 0 Å². The molecule has 0 aliphatic rings. The zero-order chi connectivity index (χ0) is 14.5. The maximum atomic E-state index is 12.1. The molecular formula is C14H13ClO4S. The van der Waals surface area contributed by atoms with Crippen LogP contribution in [0.1, 0.15) is 23.2 Å². The van der Waals surface area contributed by atoms with Gasteiger partial charge in [0.1, 0.15) is 5.76 Å². The highest BCUT2D eigenvalue weighted by molar-refractivity contribution is 7.84. The van der Waals surface area contributed by atoms with Gasteiger partial charge in [0.25, 0.3) is 0 Å². The summed E-state index contributed by atoms with van der Waals surface area (Å²) in [5, 5.41) is 0.591. The zero-order valence-electron chi connectivity index (χ0n) is 10.8. The highest BCUT2D eigenvalue weighted by Crippen LogP contribution is 2.17. The molecule has 0 spiro atoms. The van der Waals surface area contributed by atoms with Crippen molar-refractivity contribution in [2.45, 2.75) is 17.6 Å². The lowest BCUT2D eigenvalue weighted by Gasteiger charge is -2.01. The van der Waals surface area contributed by atoms with E-state index in [0.29, 0.717) is 15.7 Å². The first-order valence-electron chi connectivity index (χ1n) is 6.00. The van der Waals surface area contributed by atoms with Crippen LogP contribution < -0.4 is 0 Å². The molecule has 1 aromatic heterocycles. The molecule has 0 saturated heterocycles. The molecular weight excluding hydrogens is 300 g/mol. The Morgan fingerprint density at radius 3 is 2.60 bits per heavy atom. The largest absolute Gasteiger partial charge is 0.460 e. The second kappa shape index (κ2) is 6.72. The average Bonchev–Trinajstić information content (AvgIpc) is 2.88. The van der Waals surface area contributed by atoms with E-state index in [0.717, 1.165) is 0 Å². The summed E-state index contributed by atoms with van der Waals surface area (Å²) in [4.78, 5) is 12.1. The van der Waals surface area contributed by atoms with E-state index in [4.69, 9.17) is 20.8 Å². The van der Waals surface area contributed by atoms with Crippen LogP contribution in [0, 0.1) is 0 Å². The number of rotatable bonds is 5. The number of halogens is 1. The van der Waals surface area contributed by atoms with Crippen molar-refractivity contribution in [2.24, 2.45) is 0 Å². The van der Waals surface area contributed by atoms with E-state index in [-0.39, 0.29) is 18.1 Å². The molecule has 6 heteroatoms. The quantitative estimate of drug-likeness (QED) is 0.794. The molecule has 4 nitrogen and oxygen atoms in total. The van der Waals surface area contributed by atoms with Crippen molar-refractivity contribution < 1.29 is 18.2 Å². The van der Waals surface area contributed by atoms with Crippen molar-refractivity contribution in [3.63, 3.8) is 0 Å². The minimum Gasteiger partial charge on any atom is -0.460 e. The summed E-state index contributed by atoms with van der Waals surface area (Å²) >= 11 is 5.78. The van der Waals surface area contributed by atoms with Crippen LogP contribution in [0.15, 0.2) is 45.7 Å². The van der Waals surface area contributed by atoms with Gasteiger partial charge < -0.3 is 9.15 Å². The Hall–Kier alpha value is -1.59. The number of ether oxygens (including phenoxy) is 1. The number of hydrogen-bond donors (Lipinski definition) is 0. The summed E-state index contributed by atoms with van der Waals surface area (Å²) in [6.07, 6.45) is 0. The third-order valence-electron chi connectivity index (χ3n) is 2.49. The Kier molecular flexibility index (Phi) is 4.98. The first-order valence-corrected chi connectivity index (χ1v) is 7.69. The van der Waals surface area contributed by atoms with Gasteiger partial charge in [-0.05, 0) is 43.3 Å². The van der Waals surface area contributed by atoms with Crippen LogP contribution in [-0.2, 0) is 21.3 Å². The van der Waals surface area contributed by atoms with Gasteiger partial charge in [-0.25, -0.2) is 4.79 Å². The van der Waals surface area contributed by atoms with E-state index in [9.17, 15) is 9.00 Å². The lowest BCUT2D eigenvalue weighted by atomic mass is 10.4. The lowest BCUT2D eigenvalue weighted by Crippen LogP contribution is -2.02. The molecule has 0 amide bonds. The van der Waals surface area contributed by atoms with Gasteiger partial charge >= 0.3 is 5.97 Å². The summed E-state index contributed by atoms with van der Waals surface area (Å²) < 4.78 is 22.3. The Morgan fingerprint density at radius 2 is 1.95 bits per heavy atom. The number of esters is 1. The third kappa shape index (κ3) is 3.71. The van der Waals surface area contributed by atoms with Gasteiger partial charge in [0, 0.05) is 9.92 Å². The van der Waals surface area contributed by atoms with Crippen LogP contribution in [0.5, 0.6) is 0 Å². The molecule has 20 heavy (non-hydrogen) atoms. The molecule has 0 aliphatic heterocycles. The predicted octanol–water partition coefficient (Wildman–Crippen LogP) is 3.42. The average molecular weight is 313 g/mol. The fourth-order valence-electron chi connectivity index (χ4n) is 1.57. The number of furan rings is 1. The van der Waals surface area contributed by atoms with Gasteiger partial charge in [0.05, 0.1) is 23.2 Å². The third-order valence-corrected chi connectivity index (χ3v) is 4.08. The predicted molar refractivity (Wildman–Crippen MR) is 76.2 cm³/mol. The highest BCUT2D eigenvalue weighted by Gasteiger charge is 2.14. The van der Waals surface area contributed by atoms with Crippen molar-refractivity contribution in [3.05, 3.63) is 52.9 Å². The van der Waals surface area contributed by atoms with Crippen LogP contribution in [0.3, 0.4) is 0 Å². The normalized spacial score (nSPS) is 12.1. The van der Waals surface area contributed by atoms with E-state index >= 15 is 0 Å². The van der Waals surface area contributed by atoms with Crippen LogP contribution in [-0.4, -0.2) is 16.8 Å². The molecule has 106 valence electrons. The second-order valence-electron chi connectivity index (χ2n) is 3.93. The summed E-state index contributed by atoms with van der Waals surface area (Å²) in [7, 11) is -1.25. The van der Waals surface area contributed by atoms with Crippen LogP contribution in [0.2, 0.25) is 5.02 Å². The minimum atomic E-state index is -1.25. The number of hydrogen-bond acceptors (Lipinski definition) is 4. The summed E-state index contributed by atoms with van der Waals surface area (Å²) in [5.74, 6) is 0.272. The summed E-state index contributed by atoms with van der Waals surface area (Å²) in [6, 6.07) is 9.91. The van der Waals surface area contributed by atoms with Crippen molar-refractivity contribution in [2.75, 3.05) is 6.61 Å². The fraction of sp³-hybridized carbons (Fsp3) is 0.214. The van der Waals surface area contributed by atoms with Crippen LogP contribution in [0.25, 0.3) is 0 Å². The topological polar surface area (TPSA) is 56.5 Å². The molecule has 0 bridgehead atoms. The van der Waals surface area contributed by atoms with Gasteiger partial charge in [-0.1, -0.05) is 11.6 Å². The number of carbonyl (C=O) groups is 1. The maximum absolute atomic E-state index is 12.1. The molecule has 2 rings (SSSR count). The lowest BCUT2D eigenvalue weighted by molar-refractivity contribution is 0.0488. The van der Waals surface area contributed by atoms with E-state index in [1.165, 1.54) is 6.07 Å².